The van der Waals surface area contributed by atoms with Crippen molar-refractivity contribution in [2.45, 2.75) is 58.4 Å². The number of benzene rings is 1. The van der Waals surface area contributed by atoms with Gasteiger partial charge >= 0.3 is 0 Å². The summed E-state index contributed by atoms with van der Waals surface area (Å²) >= 11 is 3.49. The largest absolute Gasteiger partial charge is 0.353 e. The van der Waals surface area contributed by atoms with Crippen LogP contribution in [-0.4, -0.2) is 24.4 Å². The predicted molar refractivity (Wildman–Crippen MR) is 96.5 cm³/mol. The Kier molecular flexibility index (Phi) is 6.63. The van der Waals surface area contributed by atoms with Crippen molar-refractivity contribution < 1.29 is 9.59 Å². The molecule has 0 spiro atoms. The van der Waals surface area contributed by atoms with Gasteiger partial charge in [0.1, 0.15) is 0 Å². The number of hydrogen-bond acceptors (Lipinski definition) is 2. The lowest BCUT2D eigenvalue weighted by Crippen LogP contribution is -2.39. The number of anilines is 1. The number of halogens is 1. The quantitative estimate of drug-likeness (QED) is 0.840. The number of carbonyl (C=O) groups excluding carboxylic acids is 2. The van der Waals surface area contributed by atoms with Crippen molar-refractivity contribution in [2.24, 2.45) is 0 Å². The Morgan fingerprint density at radius 1 is 1.26 bits per heavy atom. The monoisotopic (exact) mass is 380 g/mol. The van der Waals surface area contributed by atoms with Crippen LogP contribution in [0.2, 0.25) is 0 Å². The summed E-state index contributed by atoms with van der Waals surface area (Å²) in [5.74, 6) is -0.0134. The van der Waals surface area contributed by atoms with Gasteiger partial charge in [-0.25, -0.2) is 0 Å². The summed E-state index contributed by atoms with van der Waals surface area (Å²) in [6, 6.07) is 6.13. The molecule has 1 aromatic rings. The van der Waals surface area contributed by atoms with Gasteiger partial charge < -0.3 is 10.2 Å². The van der Waals surface area contributed by atoms with Crippen LogP contribution in [0.15, 0.2) is 22.7 Å². The van der Waals surface area contributed by atoms with Crippen molar-refractivity contribution in [1.82, 2.24) is 5.32 Å². The van der Waals surface area contributed by atoms with Crippen molar-refractivity contribution in [3.8, 4) is 0 Å². The van der Waals surface area contributed by atoms with E-state index < -0.39 is 0 Å². The molecule has 0 atom stereocenters. The molecule has 1 aliphatic rings. The first kappa shape index (κ1) is 18.0. The van der Waals surface area contributed by atoms with Crippen molar-refractivity contribution in [3.63, 3.8) is 0 Å². The zero-order valence-corrected chi connectivity index (χ0v) is 15.5. The molecule has 0 heterocycles. The highest BCUT2D eigenvalue weighted by atomic mass is 79.9. The highest BCUT2D eigenvalue weighted by Gasteiger charge is 2.18. The maximum atomic E-state index is 12.1. The highest BCUT2D eigenvalue weighted by Crippen LogP contribution is 2.24. The summed E-state index contributed by atoms with van der Waals surface area (Å²) in [5, 5.41) is 3.10. The first-order chi connectivity index (χ1) is 11.0. The molecule has 0 aromatic heterocycles. The molecule has 2 amide bonds. The van der Waals surface area contributed by atoms with E-state index in [-0.39, 0.29) is 11.8 Å². The zero-order valence-electron chi connectivity index (χ0n) is 13.9. The van der Waals surface area contributed by atoms with Crippen molar-refractivity contribution >= 4 is 33.4 Å². The van der Waals surface area contributed by atoms with Crippen molar-refractivity contribution in [3.05, 3.63) is 28.2 Å². The van der Waals surface area contributed by atoms with Crippen molar-refractivity contribution in [1.29, 1.82) is 0 Å². The number of amides is 2. The number of aryl methyl sites for hydroxylation is 1. The molecule has 0 aliphatic heterocycles. The minimum Gasteiger partial charge on any atom is -0.353 e. The van der Waals surface area contributed by atoms with Crippen LogP contribution < -0.4 is 10.2 Å². The van der Waals surface area contributed by atoms with E-state index >= 15 is 0 Å². The number of hydrogen-bond donors (Lipinski definition) is 1. The van der Waals surface area contributed by atoms with E-state index in [1.54, 1.807) is 4.90 Å². The van der Waals surface area contributed by atoms with Crippen LogP contribution in [0.3, 0.4) is 0 Å². The second-order valence-electron chi connectivity index (χ2n) is 6.26. The summed E-state index contributed by atoms with van der Waals surface area (Å²) in [5.41, 5.74) is 1.94. The van der Waals surface area contributed by atoms with E-state index in [0.29, 0.717) is 19.0 Å². The fourth-order valence-corrected chi connectivity index (χ4v) is 3.34. The fourth-order valence-electron chi connectivity index (χ4n) is 2.98. The summed E-state index contributed by atoms with van der Waals surface area (Å²) in [4.78, 5) is 25.7. The molecular weight excluding hydrogens is 356 g/mol. The van der Waals surface area contributed by atoms with Gasteiger partial charge in [-0.05, 0) is 37.5 Å². The molecule has 0 radical (unpaired) electrons. The molecule has 1 aliphatic carbocycles. The number of nitrogens with one attached hydrogen (secondary N) is 1. The second kappa shape index (κ2) is 8.48. The normalized spacial score (nSPS) is 15.3. The summed E-state index contributed by atoms with van der Waals surface area (Å²) < 4.78 is 0.966. The smallest absolute Gasteiger partial charge is 0.223 e. The Labute approximate surface area is 146 Å². The van der Waals surface area contributed by atoms with Gasteiger partial charge in [-0.15, -0.1) is 0 Å². The third-order valence-electron chi connectivity index (χ3n) is 4.38. The fraction of sp³-hybridized carbons (Fsp3) is 0.556. The number of carbonyl (C=O) groups is 2. The minimum absolute atomic E-state index is 0.0364. The van der Waals surface area contributed by atoms with Crippen LogP contribution in [0, 0.1) is 6.92 Å². The van der Waals surface area contributed by atoms with E-state index in [2.05, 4.69) is 21.2 Å². The van der Waals surface area contributed by atoms with E-state index in [1.807, 2.05) is 25.1 Å². The summed E-state index contributed by atoms with van der Waals surface area (Å²) in [6.07, 6.45) is 6.15. The van der Waals surface area contributed by atoms with Gasteiger partial charge in [0.15, 0.2) is 0 Å². The average molecular weight is 381 g/mol. The maximum Gasteiger partial charge on any atom is 0.223 e. The summed E-state index contributed by atoms with van der Waals surface area (Å²) in [7, 11) is 0. The van der Waals surface area contributed by atoms with Crippen LogP contribution >= 0.6 is 15.9 Å². The SMILES string of the molecule is CC(=O)N(CCC(=O)NC1CCCCC1)c1ccc(C)c(Br)c1. The molecule has 23 heavy (non-hydrogen) atoms. The van der Waals surface area contributed by atoms with E-state index in [0.717, 1.165) is 28.6 Å². The Morgan fingerprint density at radius 2 is 1.96 bits per heavy atom. The maximum absolute atomic E-state index is 12.1. The lowest BCUT2D eigenvalue weighted by atomic mass is 9.95. The molecule has 1 N–H and O–H groups in total. The highest BCUT2D eigenvalue weighted by molar-refractivity contribution is 9.10. The minimum atomic E-state index is -0.0498. The number of nitrogens with zero attached hydrogens (tertiary/aromatic N) is 1. The van der Waals surface area contributed by atoms with Crippen LogP contribution in [0.5, 0.6) is 0 Å². The van der Waals surface area contributed by atoms with E-state index in [1.165, 1.54) is 26.2 Å². The first-order valence-corrected chi connectivity index (χ1v) is 9.10. The van der Waals surface area contributed by atoms with Crippen LogP contribution in [0.4, 0.5) is 5.69 Å². The standard InChI is InChI=1S/C18H25BrN2O2/c1-13-8-9-16(12-17(13)19)21(14(2)22)11-10-18(23)20-15-6-4-3-5-7-15/h8-9,12,15H,3-7,10-11H2,1-2H3,(H,20,23). The van der Waals surface area contributed by atoms with E-state index in [9.17, 15) is 9.59 Å². The Morgan fingerprint density at radius 3 is 2.57 bits per heavy atom. The van der Waals surface area contributed by atoms with Gasteiger partial charge in [0.2, 0.25) is 11.8 Å². The third-order valence-corrected chi connectivity index (χ3v) is 5.23. The Bertz CT molecular complexity index is 568. The molecule has 1 saturated carbocycles. The number of rotatable bonds is 5. The van der Waals surface area contributed by atoms with E-state index in [4.69, 9.17) is 0 Å². The topological polar surface area (TPSA) is 49.4 Å². The van der Waals surface area contributed by atoms with Crippen LogP contribution in [0.25, 0.3) is 0 Å². The van der Waals surface area contributed by atoms with Gasteiger partial charge in [-0.3, -0.25) is 9.59 Å². The molecule has 1 fully saturated rings. The molecule has 0 saturated heterocycles. The van der Waals surface area contributed by atoms with Crippen LogP contribution in [0.1, 0.15) is 51.0 Å². The summed E-state index contributed by atoms with van der Waals surface area (Å²) in [6.45, 7) is 3.94. The zero-order chi connectivity index (χ0) is 16.8. The Hall–Kier alpha value is -1.36. The van der Waals surface area contributed by atoms with Gasteiger partial charge in [-0.1, -0.05) is 41.3 Å². The molecule has 126 valence electrons. The molecule has 2 rings (SSSR count). The molecule has 0 unspecified atom stereocenters. The molecule has 4 nitrogen and oxygen atoms in total. The predicted octanol–water partition coefficient (Wildman–Crippen LogP) is 3.95. The van der Waals surface area contributed by atoms with Gasteiger partial charge in [0.05, 0.1) is 0 Å². The Balaban J connectivity index is 1.92. The van der Waals surface area contributed by atoms with Gasteiger partial charge in [0.25, 0.3) is 0 Å². The molecule has 0 bridgehead atoms. The molecular formula is C18H25BrN2O2. The second-order valence-corrected chi connectivity index (χ2v) is 7.11. The van der Waals surface area contributed by atoms with Gasteiger partial charge in [0, 0.05) is 36.1 Å². The van der Waals surface area contributed by atoms with Crippen molar-refractivity contribution in [2.75, 3.05) is 11.4 Å². The first-order valence-electron chi connectivity index (χ1n) is 8.31. The molecule has 1 aromatic carbocycles. The van der Waals surface area contributed by atoms with Gasteiger partial charge in [-0.2, -0.15) is 0 Å². The third kappa shape index (κ3) is 5.34. The lowest BCUT2D eigenvalue weighted by Gasteiger charge is -2.24. The van der Waals surface area contributed by atoms with Crippen LogP contribution in [-0.2, 0) is 9.59 Å². The lowest BCUT2D eigenvalue weighted by molar-refractivity contribution is -0.121. The average Bonchev–Trinajstić information content (AvgIpc) is 2.51. The molecule has 5 heteroatoms.